The highest BCUT2D eigenvalue weighted by atomic mass is 32.1. The van der Waals surface area contributed by atoms with Gasteiger partial charge in [-0.3, -0.25) is 9.59 Å². The molecule has 0 spiro atoms. The van der Waals surface area contributed by atoms with Crippen LogP contribution in [0.15, 0.2) is 41.1 Å². The molecule has 2 aromatic rings. The first-order chi connectivity index (χ1) is 11.7. The Balaban J connectivity index is 2.17. The van der Waals surface area contributed by atoms with E-state index in [1.54, 1.807) is 18.4 Å². The van der Waals surface area contributed by atoms with Gasteiger partial charge in [-0.15, -0.1) is 0 Å². The van der Waals surface area contributed by atoms with Crippen LogP contribution in [0.3, 0.4) is 0 Å². The number of hydrogen-bond donors (Lipinski definition) is 1. The Morgan fingerprint density at radius 3 is 2.32 bits per heavy atom. The van der Waals surface area contributed by atoms with Gasteiger partial charge in [0.25, 0.3) is 0 Å². The predicted molar refractivity (Wildman–Crippen MR) is 87.2 cm³/mol. The average molecular weight is 371 g/mol. The van der Waals surface area contributed by atoms with Gasteiger partial charge in [0.2, 0.25) is 5.91 Å². The standard InChI is InChI=1S/C17H16F3NO3S/c1-11(13-6-7-25-10-13)16(24)21(9-15(22)23)8-12-2-4-14(5-3-12)17(18,19)20/h2-7,10-11H,8-9H2,1H3,(H,22,23). The van der Waals surface area contributed by atoms with Gasteiger partial charge in [-0.2, -0.15) is 24.5 Å². The summed E-state index contributed by atoms with van der Waals surface area (Å²) in [6.07, 6.45) is -4.44. The highest BCUT2D eigenvalue weighted by Gasteiger charge is 2.30. The molecule has 25 heavy (non-hydrogen) atoms. The van der Waals surface area contributed by atoms with E-state index in [-0.39, 0.29) is 12.5 Å². The van der Waals surface area contributed by atoms with Gasteiger partial charge in [0.15, 0.2) is 0 Å². The topological polar surface area (TPSA) is 57.6 Å². The number of amides is 1. The predicted octanol–water partition coefficient (Wildman–Crippen LogP) is 3.98. The summed E-state index contributed by atoms with van der Waals surface area (Å²) in [6, 6.07) is 6.12. The maximum atomic E-state index is 12.6. The third-order valence-corrected chi connectivity index (χ3v) is 4.41. The lowest BCUT2D eigenvalue weighted by molar-refractivity contribution is -0.145. The van der Waals surface area contributed by atoms with Crippen LogP contribution in [0, 0.1) is 0 Å². The number of nitrogens with zero attached hydrogens (tertiary/aromatic N) is 1. The highest BCUT2D eigenvalue weighted by molar-refractivity contribution is 7.08. The molecule has 2 rings (SSSR count). The second-order valence-electron chi connectivity index (χ2n) is 5.56. The fourth-order valence-corrected chi connectivity index (χ4v) is 3.09. The maximum absolute atomic E-state index is 12.6. The van der Waals surface area contributed by atoms with Crippen molar-refractivity contribution in [3.63, 3.8) is 0 Å². The van der Waals surface area contributed by atoms with Gasteiger partial charge >= 0.3 is 12.1 Å². The van der Waals surface area contributed by atoms with Crippen molar-refractivity contribution in [1.82, 2.24) is 4.90 Å². The molecule has 0 aliphatic rings. The Hall–Kier alpha value is -2.35. The molecule has 0 saturated carbocycles. The van der Waals surface area contributed by atoms with Crippen LogP contribution < -0.4 is 0 Å². The van der Waals surface area contributed by atoms with E-state index in [1.807, 2.05) is 5.38 Å². The molecule has 0 radical (unpaired) electrons. The molecular weight excluding hydrogens is 355 g/mol. The summed E-state index contributed by atoms with van der Waals surface area (Å²) in [7, 11) is 0. The number of thiophene rings is 1. The van der Waals surface area contributed by atoms with Crippen molar-refractivity contribution in [1.29, 1.82) is 0 Å². The van der Waals surface area contributed by atoms with E-state index in [0.717, 1.165) is 22.6 Å². The van der Waals surface area contributed by atoms with Crippen molar-refractivity contribution in [3.8, 4) is 0 Å². The third kappa shape index (κ3) is 5.06. The molecular formula is C17H16F3NO3S. The SMILES string of the molecule is CC(C(=O)N(CC(=O)O)Cc1ccc(C(F)(F)F)cc1)c1ccsc1. The zero-order valence-electron chi connectivity index (χ0n) is 13.3. The number of rotatable bonds is 6. The summed E-state index contributed by atoms with van der Waals surface area (Å²) in [5.74, 6) is -2.10. The number of carboxylic acid groups (broad SMARTS) is 1. The monoisotopic (exact) mass is 371 g/mol. The van der Waals surface area contributed by atoms with Crippen LogP contribution in [0.25, 0.3) is 0 Å². The fraction of sp³-hybridized carbons (Fsp3) is 0.294. The van der Waals surface area contributed by atoms with Crippen molar-refractivity contribution in [2.24, 2.45) is 0 Å². The van der Waals surface area contributed by atoms with Crippen LogP contribution in [-0.4, -0.2) is 28.4 Å². The van der Waals surface area contributed by atoms with Crippen molar-refractivity contribution in [2.45, 2.75) is 25.6 Å². The lowest BCUT2D eigenvalue weighted by Crippen LogP contribution is -2.37. The first kappa shape index (κ1) is 19.0. The molecule has 8 heteroatoms. The second-order valence-corrected chi connectivity index (χ2v) is 6.34. The Morgan fingerprint density at radius 2 is 1.84 bits per heavy atom. The molecule has 0 bridgehead atoms. The lowest BCUT2D eigenvalue weighted by atomic mass is 10.0. The Bertz CT molecular complexity index is 727. The summed E-state index contributed by atoms with van der Waals surface area (Å²) < 4.78 is 37.8. The van der Waals surface area contributed by atoms with Crippen molar-refractivity contribution in [3.05, 3.63) is 57.8 Å². The molecule has 4 nitrogen and oxygen atoms in total. The van der Waals surface area contributed by atoms with Crippen molar-refractivity contribution < 1.29 is 27.9 Å². The van der Waals surface area contributed by atoms with Crippen LogP contribution >= 0.6 is 11.3 Å². The van der Waals surface area contributed by atoms with E-state index >= 15 is 0 Å². The maximum Gasteiger partial charge on any atom is 0.416 e. The Morgan fingerprint density at radius 1 is 1.20 bits per heavy atom. The van der Waals surface area contributed by atoms with E-state index in [2.05, 4.69) is 0 Å². The summed E-state index contributed by atoms with van der Waals surface area (Å²) in [5.41, 5.74) is 0.414. The number of aliphatic carboxylic acids is 1. The summed E-state index contributed by atoms with van der Waals surface area (Å²) >= 11 is 1.43. The lowest BCUT2D eigenvalue weighted by Gasteiger charge is -2.24. The molecule has 0 aliphatic heterocycles. The third-order valence-electron chi connectivity index (χ3n) is 3.71. The molecule has 1 heterocycles. The zero-order valence-corrected chi connectivity index (χ0v) is 14.1. The zero-order chi connectivity index (χ0) is 18.6. The number of carboxylic acids is 1. The summed E-state index contributed by atoms with van der Waals surface area (Å²) in [4.78, 5) is 24.8. The van der Waals surface area contributed by atoms with Gasteiger partial charge in [-0.1, -0.05) is 12.1 Å². The van der Waals surface area contributed by atoms with Crippen LogP contribution in [0.5, 0.6) is 0 Å². The molecule has 134 valence electrons. The van der Waals surface area contributed by atoms with Crippen LogP contribution in [0.4, 0.5) is 13.2 Å². The summed E-state index contributed by atoms with van der Waals surface area (Å²) in [5, 5.41) is 12.7. The highest BCUT2D eigenvalue weighted by Crippen LogP contribution is 2.29. The van der Waals surface area contributed by atoms with Gasteiger partial charge in [-0.05, 0) is 47.0 Å². The fourth-order valence-electron chi connectivity index (χ4n) is 2.33. The first-order valence-electron chi connectivity index (χ1n) is 7.37. The molecule has 0 fully saturated rings. The van der Waals surface area contributed by atoms with Crippen molar-refractivity contribution in [2.75, 3.05) is 6.54 Å². The molecule has 1 aromatic carbocycles. The summed E-state index contributed by atoms with van der Waals surface area (Å²) in [6.45, 7) is 1.08. The van der Waals surface area contributed by atoms with Gasteiger partial charge in [0.05, 0.1) is 11.5 Å². The second kappa shape index (κ2) is 7.69. The number of carbonyl (C=O) groups is 2. The Labute approximate surface area is 146 Å². The quantitative estimate of drug-likeness (QED) is 0.836. The number of carbonyl (C=O) groups excluding carboxylic acids is 1. The number of halogens is 3. The van der Waals surface area contributed by atoms with E-state index in [4.69, 9.17) is 5.11 Å². The van der Waals surface area contributed by atoms with E-state index in [9.17, 15) is 22.8 Å². The molecule has 0 saturated heterocycles. The van der Waals surface area contributed by atoms with Gasteiger partial charge < -0.3 is 10.0 Å². The number of benzene rings is 1. The molecule has 0 aliphatic carbocycles. The largest absolute Gasteiger partial charge is 0.480 e. The average Bonchev–Trinajstić information content (AvgIpc) is 3.06. The van der Waals surface area contributed by atoms with Crippen LogP contribution in [-0.2, 0) is 22.3 Å². The molecule has 1 aromatic heterocycles. The van der Waals surface area contributed by atoms with Gasteiger partial charge in [0.1, 0.15) is 6.54 Å². The van der Waals surface area contributed by atoms with E-state index in [0.29, 0.717) is 5.56 Å². The normalized spacial score (nSPS) is 12.6. The minimum Gasteiger partial charge on any atom is -0.480 e. The van der Waals surface area contributed by atoms with Gasteiger partial charge in [-0.25, -0.2) is 0 Å². The first-order valence-corrected chi connectivity index (χ1v) is 8.31. The minimum absolute atomic E-state index is 0.0717. The molecule has 1 unspecified atom stereocenters. The van der Waals surface area contributed by atoms with E-state index < -0.39 is 30.2 Å². The van der Waals surface area contributed by atoms with E-state index in [1.165, 1.54) is 23.5 Å². The number of alkyl halides is 3. The molecule has 1 atom stereocenters. The minimum atomic E-state index is -4.44. The number of hydrogen-bond acceptors (Lipinski definition) is 3. The van der Waals surface area contributed by atoms with Crippen LogP contribution in [0.1, 0.15) is 29.5 Å². The van der Waals surface area contributed by atoms with Crippen molar-refractivity contribution >= 4 is 23.2 Å². The van der Waals surface area contributed by atoms with Gasteiger partial charge in [0, 0.05) is 6.54 Å². The van der Waals surface area contributed by atoms with Crippen LogP contribution in [0.2, 0.25) is 0 Å². The molecule has 1 amide bonds. The smallest absolute Gasteiger partial charge is 0.416 e. The molecule has 1 N–H and O–H groups in total. The Kier molecular flexibility index (Phi) is 5.84.